The fraction of sp³-hybridized carbons (Fsp3) is 0.464. The molecule has 208 valence electrons. The minimum Gasteiger partial charge on any atom is -0.456 e. The standard InChI is InChI=1S/C28H36ClN3O5.ClH/c1-21(2)36-19-18-32(27(34)20-37-22(3)33)26-10-6-24(7-11-26)28(35)31-16-14-30(15-17-31)13-12-23-4-8-25(29)9-5-23;/h4-11,21H,12-20H2,1-3H3;1H. The van der Waals surface area contributed by atoms with Crippen molar-refractivity contribution in [3.8, 4) is 0 Å². The predicted molar refractivity (Wildman–Crippen MR) is 151 cm³/mol. The predicted octanol–water partition coefficient (Wildman–Crippen LogP) is 4.08. The quantitative estimate of drug-likeness (QED) is 0.382. The summed E-state index contributed by atoms with van der Waals surface area (Å²) in [5, 5.41) is 0.741. The largest absolute Gasteiger partial charge is 0.456 e. The fourth-order valence-corrected chi connectivity index (χ4v) is 4.22. The molecule has 38 heavy (non-hydrogen) atoms. The number of piperazine rings is 1. The summed E-state index contributed by atoms with van der Waals surface area (Å²) in [6.07, 6.45) is 0.977. The van der Waals surface area contributed by atoms with Crippen LogP contribution in [-0.4, -0.2) is 86.2 Å². The molecule has 0 aliphatic carbocycles. The molecule has 1 aliphatic heterocycles. The van der Waals surface area contributed by atoms with Crippen molar-refractivity contribution in [1.29, 1.82) is 0 Å². The molecule has 0 bridgehead atoms. The molecule has 0 spiro atoms. The van der Waals surface area contributed by atoms with Crippen LogP contribution in [0.4, 0.5) is 5.69 Å². The second kappa shape index (κ2) is 15.7. The molecular formula is C28H37Cl2N3O5. The summed E-state index contributed by atoms with van der Waals surface area (Å²) in [5.74, 6) is -0.890. The number of amides is 2. The van der Waals surface area contributed by atoms with Crippen LogP contribution in [0, 0.1) is 0 Å². The molecule has 2 aromatic carbocycles. The Morgan fingerprint density at radius 2 is 1.61 bits per heavy atom. The van der Waals surface area contributed by atoms with Crippen molar-refractivity contribution in [2.45, 2.75) is 33.3 Å². The number of hydrogen-bond donors (Lipinski definition) is 0. The summed E-state index contributed by atoms with van der Waals surface area (Å²) in [4.78, 5) is 42.7. The Kier molecular flexibility index (Phi) is 13.0. The average Bonchev–Trinajstić information content (AvgIpc) is 2.89. The lowest BCUT2D eigenvalue weighted by Crippen LogP contribution is -2.49. The number of carbonyl (C=O) groups excluding carboxylic acids is 3. The van der Waals surface area contributed by atoms with E-state index >= 15 is 0 Å². The smallest absolute Gasteiger partial charge is 0.303 e. The molecule has 2 aromatic rings. The van der Waals surface area contributed by atoms with E-state index in [0.717, 1.165) is 31.1 Å². The number of rotatable bonds is 11. The number of nitrogens with zero attached hydrogens (tertiary/aromatic N) is 3. The molecule has 1 saturated heterocycles. The molecule has 1 heterocycles. The highest BCUT2D eigenvalue weighted by atomic mass is 35.5. The van der Waals surface area contributed by atoms with Crippen molar-refractivity contribution in [1.82, 2.24) is 9.80 Å². The lowest BCUT2D eigenvalue weighted by Gasteiger charge is -2.35. The van der Waals surface area contributed by atoms with Gasteiger partial charge in [-0.2, -0.15) is 0 Å². The van der Waals surface area contributed by atoms with Gasteiger partial charge in [0, 0.05) is 62.5 Å². The molecule has 0 radical (unpaired) electrons. The van der Waals surface area contributed by atoms with Gasteiger partial charge in [-0.25, -0.2) is 0 Å². The molecule has 0 atom stereocenters. The van der Waals surface area contributed by atoms with Gasteiger partial charge in [0.15, 0.2) is 6.61 Å². The van der Waals surface area contributed by atoms with E-state index in [4.69, 9.17) is 21.1 Å². The molecule has 3 rings (SSSR count). The fourth-order valence-electron chi connectivity index (χ4n) is 4.10. The second-order valence-electron chi connectivity index (χ2n) is 9.30. The highest BCUT2D eigenvalue weighted by Crippen LogP contribution is 2.18. The lowest BCUT2D eigenvalue weighted by atomic mass is 10.1. The third kappa shape index (κ3) is 9.91. The van der Waals surface area contributed by atoms with Crippen molar-refractivity contribution >= 4 is 47.5 Å². The zero-order chi connectivity index (χ0) is 26.8. The van der Waals surface area contributed by atoms with Gasteiger partial charge in [-0.1, -0.05) is 23.7 Å². The Morgan fingerprint density at radius 3 is 2.18 bits per heavy atom. The van der Waals surface area contributed by atoms with E-state index in [-0.39, 0.29) is 36.9 Å². The lowest BCUT2D eigenvalue weighted by molar-refractivity contribution is -0.145. The normalized spacial score (nSPS) is 13.7. The van der Waals surface area contributed by atoms with Crippen LogP contribution in [0.15, 0.2) is 48.5 Å². The topological polar surface area (TPSA) is 79.4 Å². The van der Waals surface area contributed by atoms with Gasteiger partial charge in [0.05, 0.1) is 12.7 Å². The van der Waals surface area contributed by atoms with Gasteiger partial charge in [-0.15, -0.1) is 12.4 Å². The highest BCUT2D eigenvalue weighted by molar-refractivity contribution is 6.30. The summed E-state index contributed by atoms with van der Waals surface area (Å²) in [6.45, 7) is 9.33. The third-order valence-corrected chi connectivity index (χ3v) is 6.43. The monoisotopic (exact) mass is 565 g/mol. The van der Waals surface area contributed by atoms with Crippen LogP contribution in [0.5, 0.6) is 0 Å². The van der Waals surface area contributed by atoms with Gasteiger partial charge < -0.3 is 19.3 Å². The minimum absolute atomic E-state index is 0. The Bertz CT molecular complexity index is 1040. The van der Waals surface area contributed by atoms with Crippen LogP contribution in [0.3, 0.4) is 0 Å². The number of carbonyl (C=O) groups is 3. The second-order valence-corrected chi connectivity index (χ2v) is 9.74. The van der Waals surface area contributed by atoms with Crippen molar-refractivity contribution in [3.05, 3.63) is 64.7 Å². The van der Waals surface area contributed by atoms with Crippen molar-refractivity contribution in [3.63, 3.8) is 0 Å². The zero-order valence-electron chi connectivity index (χ0n) is 22.2. The zero-order valence-corrected chi connectivity index (χ0v) is 23.8. The third-order valence-electron chi connectivity index (χ3n) is 6.18. The maximum atomic E-state index is 13.1. The maximum absolute atomic E-state index is 13.1. The van der Waals surface area contributed by atoms with E-state index in [1.54, 1.807) is 24.3 Å². The number of ether oxygens (including phenoxy) is 2. The van der Waals surface area contributed by atoms with Gasteiger partial charge in [-0.05, 0) is 62.2 Å². The van der Waals surface area contributed by atoms with Gasteiger partial charge in [0.25, 0.3) is 11.8 Å². The molecule has 1 fully saturated rings. The van der Waals surface area contributed by atoms with Crippen molar-refractivity contribution < 1.29 is 23.9 Å². The van der Waals surface area contributed by atoms with Crippen LogP contribution in [0.1, 0.15) is 36.7 Å². The molecule has 0 N–H and O–H groups in total. The van der Waals surface area contributed by atoms with Gasteiger partial charge in [0.1, 0.15) is 0 Å². The molecule has 0 aromatic heterocycles. The Labute approximate surface area is 236 Å². The van der Waals surface area contributed by atoms with E-state index in [1.165, 1.54) is 17.4 Å². The van der Waals surface area contributed by atoms with Gasteiger partial charge in [0.2, 0.25) is 0 Å². The Morgan fingerprint density at radius 1 is 0.974 bits per heavy atom. The van der Waals surface area contributed by atoms with Crippen molar-refractivity contribution in [2.75, 3.05) is 57.4 Å². The van der Waals surface area contributed by atoms with Crippen LogP contribution in [0.25, 0.3) is 0 Å². The first-order valence-corrected chi connectivity index (χ1v) is 13.0. The van der Waals surface area contributed by atoms with E-state index in [1.807, 2.05) is 43.0 Å². The van der Waals surface area contributed by atoms with Gasteiger partial charge in [-0.3, -0.25) is 19.3 Å². The SMILES string of the molecule is CC(=O)OCC(=O)N(CCOC(C)C)c1ccc(C(=O)N2CCN(CCc3ccc(Cl)cc3)CC2)cc1.Cl. The van der Waals surface area contributed by atoms with E-state index in [9.17, 15) is 14.4 Å². The molecule has 8 nitrogen and oxygen atoms in total. The first-order valence-electron chi connectivity index (χ1n) is 12.6. The minimum atomic E-state index is -0.516. The van der Waals surface area contributed by atoms with Crippen molar-refractivity contribution in [2.24, 2.45) is 0 Å². The number of hydrogen-bond acceptors (Lipinski definition) is 6. The van der Waals surface area contributed by atoms with Gasteiger partial charge >= 0.3 is 5.97 Å². The van der Waals surface area contributed by atoms with Crippen LogP contribution in [-0.2, 0) is 25.5 Å². The molecule has 0 saturated carbocycles. The summed E-state index contributed by atoms with van der Waals surface area (Å²) in [6, 6.07) is 14.9. The summed E-state index contributed by atoms with van der Waals surface area (Å²) < 4.78 is 10.5. The average molecular weight is 567 g/mol. The van der Waals surface area contributed by atoms with Crippen LogP contribution >= 0.6 is 24.0 Å². The number of halogens is 2. The van der Waals surface area contributed by atoms with Crippen LogP contribution < -0.4 is 4.90 Å². The van der Waals surface area contributed by atoms with E-state index in [2.05, 4.69) is 4.90 Å². The number of anilines is 1. The molecule has 2 amide bonds. The molecule has 1 aliphatic rings. The number of benzene rings is 2. The first-order chi connectivity index (χ1) is 17.7. The molecule has 10 heteroatoms. The molecule has 0 unspecified atom stereocenters. The van der Waals surface area contributed by atoms with Crippen LogP contribution in [0.2, 0.25) is 5.02 Å². The molecular weight excluding hydrogens is 529 g/mol. The number of esters is 1. The maximum Gasteiger partial charge on any atom is 0.303 e. The van der Waals surface area contributed by atoms with E-state index < -0.39 is 5.97 Å². The first kappa shape index (κ1) is 31.6. The summed E-state index contributed by atoms with van der Waals surface area (Å²) in [7, 11) is 0. The highest BCUT2D eigenvalue weighted by Gasteiger charge is 2.23. The Balaban J connectivity index is 0.00000507. The summed E-state index contributed by atoms with van der Waals surface area (Å²) >= 11 is 5.96. The Hall–Kier alpha value is -2.65. The van der Waals surface area contributed by atoms with E-state index in [0.29, 0.717) is 37.5 Å². The summed E-state index contributed by atoms with van der Waals surface area (Å²) in [5.41, 5.74) is 2.44.